The fourth-order valence-corrected chi connectivity index (χ4v) is 5.58. The van der Waals surface area contributed by atoms with Gasteiger partial charge in [0.1, 0.15) is 4.90 Å². The summed E-state index contributed by atoms with van der Waals surface area (Å²) < 4.78 is 27.8. The van der Waals surface area contributed by atoms with E-state index in [1.807, 2.05) is 6.92 Å². The molecule has 0 aromatic heterocycles. The van der Waals surface area contributed by atoms with E-state index in [1.54, 1.807) is 36.4 Å². The molecule has 0 saturated carbocycles. The van der Waals surface area contributed by atoms with Crippen LogP contribution in [0.4, 0.5) is 5.69 Å². The Labute approximate surface area is 165 Å². The molecule has 3 nitrogen and oxygen atoms in total. The van der Waals surface area contributed by atoms with Gasteiger partial charge in [0.25, 0.3) is 10.0 Å². The maximum absolute atomic E-state index is 13.3. The summed E-state index contributed by atoms with van der Waals surface area (Å²) in [6.07, 6.45) is 0.590. The molecule has 0 bridgehead atoms. The first-order valence-corrected chi connectivity index (χ1v) is 10.8. The van der Waals surface area contributed by atoms with E-state index >= 15 is 0 Å². The van der Waals surface area contributed by atoms with Gasteiger partial charge in [-0.3, -0.25) is 4.31 Å². The van der Waals surface area contributed by atoms with Gasteiger partial charge in [0.05, 0.1) is 15.7 Å². The number of hydrogen-bond donors (Lipinski definition) is 0. The minimum absolute atomic E-state index is 0.0316. The lowest BCUT2D eigenvalue weighted by atomic mass is 10.2. The van der Waals surface area contributed by atoms with Crippen LogP contribution in [0.3, 0.4) is 0 Å². The molecule has 2 aromatic carbocycles. The summed E-state index contributed by atoms with van der Waals surface area (Å²) in [7, 11) is -3.91. The van der Waals surface area contributed by atoms with Gasteiger partial charge < -0.3 is 0 Å². The van der Waals surface area contributed by atoms with Crippen LogP contribution in [0.5, 0.6) is 0 Å². The van der Waals surface area contributed by atoms with Gasteiger partial charge in [0.2, 0.25) is 0 Å². The van der Waals surface area contributed by atoms with Gasteiger partial charge in [0, 0.05) is 16.4 Å². The molecule has 0 aliphatic rings. The molecule has 0 fully saturated rings. The molecule has 0 saturated heterocycles. The Hall–Kier alpha value is -0.460. The van der Waals surface area contributed by atoms with Crippen LogP contribution in [0, 0.1) is 0 Å². The second-order valence-corrected chi connectivity index (χ2v) is 8.98. The van der Waals surface area contributed by atoms with E-state index in [0.717, 1.165) is 0 Å². The van der Waals surface area contributed by atoms with Gasteiger partial charge in [-0.1, -0.05) is 62.9 Å². The first-order chi connectivity index (χ1) is 11.3. The second kappa shape index (κ2) is 8.28. The fourth-order valence-electron chi connectivity index (χ4n) is 2.29. The minimum Gasteiger partial charge on any atom is -0.262 e. The van der Waals surface area contributed by atoms with Gasteiger partial charge in [-0.25, -0.2) is 8.42 Å². The highest BCUT2D eigenvalue weighted by Crippen LogP contribution is 2.36. The summed E-state index contributed by atoms with van der Waals surface area (Å²) in [5.74, 6) is 0. The van der Waals surface area contributed by atoms with Crippen LogP contribution in [0.2, 0.25) is 15.1 Å². The van der Waals surface area contributed by atoms with Crippen molar-refractivity contribution in [3.63, 3.8) is 0 Å². The normalized spacial score (nSPS) is 12.9. The lowest BCUT2D eigenvalue weighted by Gasteiger charge is -2.31. The van der Waals surface area contributed by atoms with Crippen LogP contribution in [0.1, 0.15) is 13.3 Å². The predicted molar refractivity (Wildman–Crippen MR) is 105 cm³/mol. The third kappa shape index (κ3) is 4.20. The van der Waals surface area contributed by atoms with Crippen molar-refractivity contribution < 1.29 is 8.42 Å². The molecule has 0 radical (unpaired) electrons. The molecule has 0 spiro atoms. The number of sulfonamides is 1. The summed E-state index contributed by atoms with van der Waals surface area (Å²) in [5, 5.41) is 1.50. The Bertz CT molecular complexity index is 830. The average Bonchev–Trinajstić information content (AvgIpc) is 2.51. The molecule has 0 N–H and O–H groups in total. The van der Waals surface area contributed by atoms with Gasteiger partial charge in [-0.05, 0) is 43.7 Å². The first kappa shape index (κ1) is 19.9. The maximum atomic E-state index is 13.3. The minimum atomic E-state index is -3.91. The molecule has 0 aliphatic carbocycles. The summed E-state index contributed by atoms with van der Waals surface area (Å²) in [5.41, 5.74) is 0.331. The third-order valence-corrected chi connectivity index (χ3v) is 6.89. The summed E-state index contributed by atoms with van der Waals surface area (Å²) in [4.78, 5) is 0.0316. The van der Waals surface area contributed by atoms with Gasteiger partial charge in [0.15, 0.2) is 0 Å². The highest BCUT2D eigenvalue weighted by Gasteiger charge is 2.32. The van der Waals surface area contributed by atoms with Crippen molar-refractivity contribution >= 4 is 66.4 Å². The monoisotopic (exact) mass is 469 g/mol. The lowest BCUT2D eigenvalue weighted by molar-refractivity contribution is 0.578. The number of hydrogen-bond acceptors (Lipinski definition) is 2. The Balaban J connectivity index is 2.67. The van der Waals surface area contributed by atoms with E-state index in [0.29, 0.717) is 27.5 Å². The van der Waals surface area contributed by atoms with Gasteiger partial charge >= 0.3 is 0 Å². The lowest BCUT2D eigenvalue weighted by Crippen LogP contribution is -2.39. The molecule has 0 aliphatic heterocycles. The predicted octanol–water partition coefficient (Wildman–Crippen LogP) is 6.02. The van der Waals surface area contributed by atoms with E-state index in [-0.39, 0.29) is 16.0 Å². The number of halogens is 4. The molecule has 2 rings (SSSR count). The SMILES string of the molecule is C[C@H](CCBr)N(c1cc(Cl)ccc1Cl)S(=O)(=O)c1ccccc1Cl. The van der Waals surface area contributed by atoms with Crippen molar-refractivity contribution in [2.24, 2.45) is 0 Å². The smallest absolute Gasteiger partial charge is 0.262 e. The molecular formula is C16H15BrCl3NO2S. The van der Waals surface area contributed by atoms with E-state index in [4.69, 9.17) is 34.8 Å². The topological polar surface area (TPSA) is 37.4 Å². The van der Waals surface area contributed by atoms with Gasteiger partial charge in [-0.15, -0.1) is 0 Å². The van der Waals surface area contributed by atoms with Crippen LogP contribution in [-0.2, 0) is 10.0 Å². The Kier molecular flexibility index (Phi) is 6.85. The summed E-state index contributed by atoms with van der Waals surface area (Å²) >= 11 is 21.8. The quantitative estimate of drug-likeness (QED) is 0.484. The Morgan fingerprint density at radius 1 is 1.08 bits per heavy atom. The second-order valence-electron chi connectivity index (χ2n) is 5.15. The zero-order valence-electron chi connectivity index (χ0n) is 12.7. The molecule has 24 heavy (non-hydrogen) atoms. The molecular weight excluding hydrogens is 457 g/mol. The van der Waals surface area contributed by atoms with Crippen molar-refractivity contribution in [3.8, 4) is 0 Å². The highest BCUT2D eigenvalue weighted by atomic mass is 79.9. The Morgan fingerprint density at radius 2 is 1.75 bits per heavy atom. The van der Waals surface area contributed by atoms with Crippen molar-refractivity contribution in [2.75, 3.05) is 9.64 Å². The number of benzene rings is 2. The number of rotatable bonds is 6. The molecule has 2 aromatic rings. The Morgan fingerprint density at radius 3 is 2.38 bits per heavy atom. The highest BCUT2D eigenvalue weighted by molar-refractivity contribution is 9.09. The van der Waals surface area contributed by atoms with Crippen LogP contribution in [0.25, 0.3) is 0 Å². The largest absolute Gasteiger partial charge is 0.266 e. The first-order valence-electron chi connectivity index (χ1n) is 7.09. The standard InChI is InChI=1S/C16H15BrCl3NO2S/c1-11(8-9-17)21(15-10-12(18)6-7-13(15)19)24(22,23)16-5-3-2-4-14(16)20/h2-7,10-11H,8-9H2,1H3/t11-/m1/s1. The summed E-state index contributed by atoms with van der Waals surface area (Å²) in [6.45, 7) is 1.81. The van der Waals surface area contributed by atoms with Crippen LogP contribution in [0.15, 0.2) is 47.4 Å². The maximum Gasteiger partial charge on any atom is 0.266 e. The van der Waals surface area contributed by atoms with Crippen molar-refractivity contribution in [2.45, 2.75) is 24.3 Å². The van der Waals surface area contributed by atoms with Crippen molar-refractivity contribution in [1.29, 1.82) is 0 Å². The molecule has 0 amide bonds. The van der Waals surface area contributed by atoms with Crippen molar-refractivity contribution in [1.82, 2.24) is 0 Å². The van der Waals surface area contributed by atoms with Gasteiger partial charge in [-0.2, -0.15) is 0 Å². The van der Waals surface area contributed by atoms with E-state index in [2.05, 4.69) is 15.9 Å². The fraction of sp³-hybridized carbons (Fsp3) is 0.250. The zero-order chi connectivity index (χ0) is 17.9. The zero-order valence-corrected chi connectivity index (χ0v) is 17.4. The number of nitrogens with zero attached hydrogens (tertiary/aromatic N) is 1. The van der Waals surface area contributed by atoms with Crippen LogP contribution >= 0.6 is 50.7 Å². The molecule has 1 atom stereocenters. The van der Waals surface area contributed by atoms with E-state index < -0.39 is 10.0 Å². The molecule has 8 heteroatoms. The third-order valence-electron chi connectivity index (χ3n) is 3.45. The average molecular weight is 472 g/mol. The number of alkyl halides is 1. The molecule has 130 valence electrons. The van der Waals surface area contributed by atoms with Crippen LogP contribution in [-0.4, -0.2) is 19.8 Å². The van der Waals surface area contributed by atoms with Crippen LogP contribution < -0.4 is 4.31 Å². The molecule has 0 heterocycles. The number of anilines is 1. The summed E-state index contributed by atoms with van der Waals surface area (Å²) in [6, 6.07) is 10.7. The van der Waals surface area contributed by atoms with E-state index in [1.165, 1.54) is 10.4 Å². The van der Waals surface area contributed by atoms with Crippen molar-refractivity contribution in [3.05, 3.63) is 57.5 Å². The van der Waals surface area contributed by atoms with E-state index in [9.17, 15) is 8.42 Å². The molecule has 0 unspecified atom stereocenters.